The van der Waals surface area contributed by atoms with Crippen LogP contribution in [-0.2, 0) is 19.6 Å². The Morgan fingerprint density at radius 3 is 2.50 bits per heavy atom. The van der Waals surface area contributed by atoms with Gasteiger partial charge in [0.2, 0.25) is 0 Å². The van der Waals surface area contributed by atoms with Gasteiger partial charge in [-0.3, -0.25) is 0 Å². The topological polar surface area (TPSA) is 63.5 Å². The van der Waals surface area contributed by atoms with Crippen molar-refractivity contribution in [1.29, 1.82) is 0 Å². The van der Waals surface area contributed by atoms with Crippen molar-refractivity contribution in [2.24, 2.45) is 0 Å². The van der Waals surface area contributed by atoms with Crippen molar-refractivity contribution < 1.29 is 19.0 Å². The highest BCUT2D eigenvalue weighted by molar-refractivity contribution is 5.98. The Bertz CT molecular complexity index is 1260. The molecule has 0 radical (unpaired) electrons. The number of benzene rings is 3. The number of carboxylic acid groups (broad SMARTS) is 1. The molecule has 0 fully saturated rings. The summed E-state index contributed by atoms with van der Waals surface area (Å²) >= 11 is 0. The molecule has 0 bridgehead atoms. The zero-order valence-corrected chi connectivity index (χ0v) is 18.1. The van der Waals surface area contributed by atoms with Crippen molar-refractivity contribution in [1.82, 2.24) is 9.88 Å². The van der Waals surface area contributed by atoms with Gasteiger partial charge in [0, 0.05) is 42.2 Å². The molecule has 0 unspecified atom stereocenters. The fourth-order valence-corrected chi connectivity index (χ4v) is 3.96. The van der Waals surface area contributed by atoms with Gasteiger partial charge in [0.1, 0.15) is 17.3 Å². The van der Waals surface area contributed by atoms with Crippen molar-refractivity contribution in [2.45, 2.75) is 26.6 Å². The number of aromatic nitrogens is 1. The first kappa shape index (κ1) is 21.6. The van der Waals surface area contributed by atoms with Crippen LogP contribution in [0.4, 0.5) is 4.39 Å². The molecule has 0 saturated carbocycles. The van der Waals surface area contributed by atoms with Gasteiger partial charge in [-0.15, -0.1) is 0 Å². The Kier molecular flexibility index (Phi) is 6.23. The molecule has 5 nitrogen and oxygen atoms in total. The number of fused-ring (bicyclic) bond motifs is 1. The van der Waals surface area contributed by atoms with Crippen LogP contribution in [0.3, 0.4) is 0 Å². The first-order valence-electron chi connectivity index (χ1n) is 10.4. The summed E-state index contributed by atoms with van der Waals surface area (Å²) in [6, 6.07) is 20.2. The summed E-state index contributed by atoms with van der Waals surface area (Å²) in [5, 5.41) is 14.2. The number of hydrogen-bond acceptors (Lipinski definition) is 3. The van der Waals surface area contributed by atoms with Crippen LogP contribution in [0.1, 0.15) is 32.7 Å². The molecule has 4 rings (SSSR count). The normalized spacial score (nSPS) is 11.1. The highest BCUT2D eigenvalue weighted by atomic mass is 19.1. The zero-order chi connectivity index (χ0) is 22.7. The van der Waals surface area contributed by atoms with Crippen LogP contribution in [0.5, 0.6) is 5.75 Å². The maximum absolute atomic E-state index is 14.0. The summed E-state index contributed by atoms with van der Waals surface area (Å²) in [5.41, 5.74) is 4.35. The third kappa shape index (κ3) is 4.36. The molecule has 1 aromatic heterocycles. The van der Waals surface area contributed by atoms with Gasteiger partial charge in [0.15, 0.2) is 0 Å². The molecule has 2 N–H and O–H groups in total. The fraction of sp³-hybridized carbons (Fsp3) is 0.192. The molecule has 3 aromatic carbocycles. The minimum absolute atomic E-state index is 0.217. The number of methoxy groups -OCH3 is 1. The van der Waals surface area contributed by atoms with Crippen LogP contribution in [0.25, 0.3) is 10.9 Å². The van der Waals surface area contributed by atoms with E-state index in [1.165, 1.54) is 6.07 Å². The molecule has 6 heteroatoms. The predicted molar refractivity (Wildman–Crippen MR) is 123 cm³/mol. The molecule has 1 heterocycles. The molecule has 0 aliphatic heterocycles. The molecule has 4 aromatic rings. The second-order valence-electron chi connectivity index (χ2n) is 7.78. The fourth-order valence-electron chi connectivity index (χ4n) is 3.96. The SMILES string of the molecule is COc1ccc2c(CNCc3ccccc3F)c(C(=O)O)n(Cc3ccc(C)cc3)c2c1. The first-order valence-corrected chi connectivity index (χ1v) is 10.4. The average Bonchev–Trinajstić information content (AvgIpc) is 3.09. The smallest absolute Gasteiger partial charge is 0.352 e. The number of carboxylic acids is 1. The number of nitrogens with zero attached hydrogens (tertiary/aromatic N) is 1. The lowest BCUT2D eigenvalue weighted by Crippen LogP contribution is -2.17. The van der Waals surface area contributed by atoms with Gasteiger partial charge >= 0.3 is 5.97 Å². The molecular weight excluding hydrogens is 407 g/mol. The number of halogens is 1. The van der Waals surface area contributed by atoms with Crippen molar-refractivity contribution in [3.05, 3.63) is 100 Å². The summed E-state index contributed by atoms with van der Waals surface area (Å²) in [4.78, 5) is 12.4. The molecule has 0 saturated heterocycles. The molecule has 0 atom stereocenters. The number of ether oxygens (including phenoxy) is 1. The Hall–Kier alpha value is -3.64. The highest BCUT2D eigenvalue weighted by Gasteiger charge is 2.23. The predicted octanol–water partition coefficient (Wildman–Crippen LogP) is 5.13. The minimum Gasteiger partial charge on any atom is -0.497 e. The summed E-state index contributed by atoms with van der Waals surface area (Å²) in [6.45, 7) is 3.02. The maximum Gasteiger partial charge on any atom is 0.352 e. The van der Waals surface area contributed by atoms with Gasteiger partial charge in [0.05, 0.1) is 12.6 Å². The van der Waals surface area contributed by atoms with E-state index in [0.717, 1.165) is 22.0 Å². The van der Waals surface area contributed by atoms with Crippen LogP contribution in [0.15, 0.2) is 66.7 Å². The lowest BCUT2D eigenvalue weighted by molar-refractivity contribution is 0.0684. The highest BCUT2D eigenvalue weighted by Crippen LogP contribution is 2.31. The lowest BCUT2D eigenvalue weighted by atomic mass is 10.1. The van der Waals surface area contributed by atoms with Gasteiger partial charge in [-0.2, -0.15) is 0 Å². The number of aromatic carboxylic acids is 1. The summed E-state index contributed by atoms with van der Waals surface area (Å²) in [5.74, 6) is -0.636. The molecular formula is C26H25FN2O3. The van der Waals surface area contributed by atoms with Crippen molar-refractivity contribution in [3.8, 4) is 5.75 Å². The maximum atomic E-state index is 14.0. The van der Waals surface area contributed by atoms with E-state index in [2.05, 4.69) is 5.32 Å². The molecule has 0 aliphatic carbocycles. The van der Waals surface area contributed by atoms with E-state index in [1.54, 1.807) is 25.3 Å². The largest absolute Gasteiger partial charge is 0.497 e. The zero-order valence-electron chi connectivity index (χ0n) is 18.1. The standard InChI is InChI=1S/C26H25FN2O3/c1-17-7-9-18(10-8-17)16-29-24-13-20(32-2)11-12-21(24)22(25(29)26(30)31)15-28-14-19-5-3-4-6-23(19)27/h3-13,28H,14-16H2,1-2H3,(H,30,31). The van der Waals surface area contributed by atoms with E-state index >= 15 is 0 Å². The third-order valence-electron chi connectivity index (χ3n) is 5.62. The monoisotopic (exact) mass is 432 g/mol. The van der Waals surface area contributed by atoms with Crippen LogP contribution in [0, 0.1) is 12.7 Å². The van der Waals surface area contributed by atoms with E-state index in [4.69, 9.17) is 4.74 Å². The van der Waals surface area contributed by atoms with Crippen LogP contribution in [0.2, 0.25) is 0 Å². The summed E-state index contributed by atoms with van der Waals surface area (Å²) < 4.78 is 21.2. The van der Waals surface area contributed by atoms with E-state index < -0.39 is 5.97 Å². The number of nitrogens with one attached hydrogen (secondary N) is 1. The Morgan fingerprint density at radius 1 is 1.06 bits per heavy atom. The Labute approximate surface area is 186 Å². The number of aryl methyl sites for hydroxylation is 1. The van der Waals surface area contributed by atoms with Crippen molar-refractivity contribution in [3.63, 3.8) is 0 Å². The number of hydrogen-bond donors (Lipinski definition) is 2. The van der Waals surface area contributed by atoms with E-state index in [1.807, 2.05) is 54.0 Å². The van der Waals surface area contributed by atoms with Crippen LogP contribution >= 0.6 is 0 Å². The number of rotatable bonds is 8. The van der Waals surface area contributed by atoms with Crippen LogP contribution < -0.4 is 10.1 Å². The van der Waals surface area contributed by atoms with Gasteiger partial charge in [-0.1, -0.05) is 48.0 Å². The van der Waals surface area contributed by atoms with Gasteiger partial charge in [0.25, 0.3) is 0 Å². The second kappa shape index (κ2) is 9.24. The quantitative estimate of drug-likeness (QED) is 0.405. The third-order valence-corrected chi connectivity index (χ3v) is 5.62. The van der Waals surface area contributed by atoms with Gasteiger partial charge in [-0.05, 0) is 30.7 Å². The van der Waals surface area contributed by atoms with Crippen LogP contribution in [-0.4, -0.2) is 22.8 Å². The van der Waals surface area contributed by atoms with E-state index in [9.17, 15) is 14.3 Å². The van der Waals surface area contributed by atoms with Gasteiger partial charge < -0.3 is 19.7 Å². The summed E-state index contributed by atoms with van der Waals surface area (Å²) in [7, 11) is 1.59. The van der Waals surface area contributed by atoms with E-state index in [0.29, 0.717) is 36.5 Å². The van der Waals surface area contributed by atoms with E-state index in [-0.39, 0.29) is 11.5 Å². The molecule has 32 heavy (non-hydrogen) atoms. The average molecular weight is 432 g/mol. The first-order chi connectivity index (χ1) is 15.5. The molecule has 164 valence electrons. The minimum atomic E-state index is -1.00. The molecule has 0 aliphatic rings. The van der Waals surface area contributed by atoms with Crippen molar-refractivity contribution >= 4 is 16.9 Å². The second-order valence-corrected chi connectivity index (χ2v) is 7.78. The molecule has 0 amide bonds. The van der Waals surface area contributed by atoms with Gasteiger partial charge in [-0.25, -0.2) is 9.18 Å². The molecule has 0 spiro atoms. The van der Waals surface area contributed by atoms with Crippen molar-refractivity contribution in [2.75, 3.05) is 7.11 Å². The Morgan fingerprint density at radius 2 is 1.81 bits per heavy atom. The summed E-state index contributed by atoms with van der Waals surface area (Å²) in [6.07, 6.45) is 0. The lowest BCUT2D eigenvalue weighted by Gasteiger charge is -2.11. The Balaban J connectivity index is 1.75. The number of carbonyl (C=O) groups is 1.